The van der Waals surface area contributed by atoms with Crippen molar-refractivity contribution in [3.8, 4) is 11.5 Å². The highest BCUT2D eigenvalue weighted by Gasteiger charge is 2.32. The summed E-state index contributed by atoms with van der Waals surface area (Å²) in [6.07, 6.45) is 5.90. The maximum absolute atomic E-state index is 11.9. The smallest absolute Gasteiger partial charge is 0.248 e. The van der Waals surface area contributed by atoms with Gasteiger partial charge in [0, 0.05) is 52.1 Å². The Labute approximate surface area is 177 Å². The van der Waals surface area contributed by atoms with E-state index in [0.717, 1.165) is 41.3 Å². The number of halogens is 2. The summed E-state index contributed by atoms with van der Waals surface area (Å²) in [6, 6.07) is 12.8. The maximum Gasteiger partial charge on any atom is 0.248 e. The number of nitrogens with zero attached hydrogens (tertiary/aromatic N) is 2. The zero-order valence-corrected chi connectivity index (χ0v) is 16.7. The molecule has 0 spiro atoms. The molecule has 7 heteroatoms. The average molecular weight is 424 g/mol. The molecule has 1 amide bonds. The van der Waals surface area contributed by atoms with Crippen molar-refractivity contribution in [1.29, 1.82) is 0 Å². The molecule has 2 aromatic rings. The van der Waals surface area contributed by atoms with Gasteiger partial charge in [0.15, 0.2) is 0 Å². The van der Waals surface area contributed by atoms with E-state index in [4.69, 9.17) is 27.9 Å². The molecular formula is C22H15Cl2N3O2. The van der Waals surface area contributed by atoms with Crippen LogP contribution in [0.3, 0.4) is 0 Å². The molecule has 29 heavy (non-hydrogen) atoms. The van der Waals surface area contributed by atoms with E-state index >= 15 is 0 Å². The summed E-state index contributed by atoms with van der Waals surface area (Å²) in [6.45, 7) is 0.754. The zero-order valence-electron chi connectivity index (χ0n) is 15.2. The van der Waals surface area contributed by atoms with Gasteiger partial charge in [0.1, 0.15) is 17.3 Å². The number of aliphatic imine (C=N–C) groups is 1. The highest BCUT2D eigenvalue weighted by molar-refractivity contribution is 6.34. The fraction of sp³-hybridized carbons (Fsp3) is 0.0909. The van der Waals surface area contributed by atoms with Crippen LogP contribution in [0.1, 0.15) is 12.0 Å². The minimum absolute atomic E-state index is 0.109. The predicted octanol–water partition coefficient (Wildman–Crippen LogP) is 5.03. The molecule has 1 N–H and O–H groups in total. The van der Waals surface area contributed by atoms with Gasteiger partial charge in [-0.05, 0) is 36.4 Å². The van der Waals surface area contributed by atoms with Gasteiger partial charge >= 0.3 is 0 Å². The van der Waals surface area contributed by atoms with Crippen LogP contribution >= 0.6 is 23.2 Å². The van der Waals surface area contributed by atoms with E-state index in [9.17, 15) is 4.79 Å². The lowest BCUT2D eigenvalue weighted by Gasteiger charge is -2.27. The molecule has 3 aliphatic heterocycles. The van der Waals surface area contributed by atoms with Crippen LogP contribution < -0.4 is 10.1 Å². The van der Waals surface area contributed by atoms with Crippen LogP contribution in [0.15, 0.2) is 82.8 Å². The molecule has 0 aromatic heterocycles. The maximum atomic E-state index is 11.9. The Morgan fingerprint density at radius 3 is 2.69 bits per heavy atom. The molecule has 2 aromatic carbocycles. The van der Waals surface area contributed by atoms with E-state index in [2.05, 4.69) is 15.2 Å². The van der Waals surface area contributed by atoms with Crippen LogP contribution in [0.4, 0.5) is 0 Å². The number of rotatable bonds is 3. The first-order valence-corrected chi connectivity index (χ1v) is 9.85. The average Bonchev–Trinajstić information content (AvgIpc) is 3.01. The van der Waals surface area contributed by atoms with Gasteiger partial charge in [-0.2, -0.15) is 0 Å². The highest BCUT2D eigenvalue weighted by Crippen LogP contribution is 2.35. The fourth-order valence-electron chi connectivity index (χ4n) is 3.67. The van der Waals surface area contributed by atoms with Gasteiger partial charge in [0.2, 0.25) is 5.91 Å². The van der Waals surface area contributed by atoms with Crippen molar-refractivity contribution in [2.24, 2.45) is 4.99 Å². The first-order chi connectivity index (χ1) is 14.1. The SMILES string of the molecule is O=C1C=CC2=CN=C(c3cccc(Oc4cc(Cl)cc(Cl)c4)c3)N3CCC(=C23)N1. The number of hydrogen-bond donors (Lipinski definition) is 1. The van der Waals surface area contributed by atoms with Gasteiger partial charge in [-0.3, -0.25) is 4.79 Å². The number of carbonyl (C=O) groups excluding carboxylic acids is 1. The van der Waals surface area contributed by atoms with Gasteiger partial charge in [0.25, 0.3) is 0 Å². The number of amides is 1. The summed E-state index contributed by atoms with van der Waals surface area (Å²) in [7, 11) is 0. The largest absolute Gasteiger partial charge is 0.457 e. The highest BCUT2D eigenvalue weighted by atomic mass is 35.5. The molecule has 144 valence electrons. The number of benzene rings is 2. The monoisotopic (exact) mass is 423 g/mol. The number of ether oxygens (including phenoxy) is 1. The molecule has 5 rings (SSSR count). The molecule has 0 fully saturated rings. The minimum atomic E-state index is -0.109. The van der Waals surface area contributed by atoms with Crippen LogP contribution in [0.25, 0.3) is 0 Å². The quantitative estimate of drug-likeness (QED) is 0.752. The van der Waals surface area contributed by atoms with E-state index in [-0.39, 0.29) is 5.91 Å². The molecule has 0 bridgehead atoms. The molecular weight excluding hydrogens is 409 g/mol. The van der Waals surface area contributed by atoms with Crippen molar-refractivity contribution in [1.82, 2.24) is 10.2 Å². The molecule has 0 radical (unpaired) electrons. The van der Waals surface area contributed by atoms with E-state index in [0.29, 0.717) is 21.5 Å². The van der Waals surface area contributed by atoms with E-state index in [1.807, 2.05) is 24.3 Å². The van der Waals surface area contributed by atoms with Crippen molar-refractivity contribution in [2.45, 2.75) is 6.42 Å². The number of allylic oxidation sites excluding steroid dienone is 1. The van der Waals surface area contributed by atoms with E-state index in [1.54, 1.807) is 30.5 Å². The molecule has 0 unspecified atom stereocenters. The van der Waals surface area contributed by atoms with E-state index < -0.39 is 0 Å². The zero-order chi connectivity index (χ0) is 20.0. The Morgan fingerprint density at radius 1 is 1.03 bits per heavy atom. The normalized spacial score (nSPS) is 17.4. The van der Waals surface area contributed by atoms with Crippen molar-refractivity contribution in [3.05, 3.63) is 93.4 Å². The first-order valence-electron chi connectivity index (χ1n) is 9.09. The van der Waals surface area contributed by atoms with E-state index in [1.165, 1.54) is 6.08 Å². The third-order valence-corrected chi connectivity index (χ3v) is 5.28. The molecule has 0 saturated heterocycles. The van der Waals surface area contributed by atoms with Gasteiger partial charge < -0.3 is 15.0 Å². The minimum Gasteiger partial charge on any atom is -0.457 e. The lowest BCUT2D eigenvalue weighted by Crippen LogP contribution is -2.31. The van der Waals surface area contributed by atoms with Gasteiger partial charge in [-0.15, -0.1) is 0 Å². The number of hydrogen-bond acceptors (Lipinski definition) is 4. The summed E-state index contributed by atoms with van der Waals surface area (Å²) in [5, 5.41) is 3.99. The Morgan fingerprint density at radius 2 is 1.86 bits per heavy atom. The summed E-state index contributed by atoms with van der Waals surface area (Å²) < 4.78 is 5.95. The Balaban J connectivity index is 1.49. The van der Waals surface area contributed by atoms with Crippen LogP contribution in [-0.4, -0.2) is 23.2 Å². The molecule has 0 atom stereocenters. The van der Waals surface area contributed by atoms with Crippen molar-refractivity contribution in [3.63, 3.8) is 0 Å². The van der Waals surface area contributed by atoms with Crippen LogP contribution in [0.2, 0.25) is 10.0 Å². The number of carbonyl (C=O) groups is 1. The van der Waals surface area contributed by atoms with Crippen molar-refractivity contribution < 1.29 is 9.53 Å². The Bertz CT molecular complexity index is 1140. The molecule has 5 nitrogen and oxygen atoms in total. The fourth-order valence-corrected chi connectivity index (χ4v) is 4.18. The lowest BCUT2D eigenvalue weighted by molar-refractivity contribution is -0.115. The number of amidine groups is 1. The van der Waals surface area contributed by atoms with Crippen LogP contribution in [0.5, 0.6) is 11.5 Å². The summed E-state index contributed by atoms with van der Waals surface area (Å²) in [4.78, 5) is 18.7. The summed E-state index contributed by atoms with van der Waals surface area (Å²) >= 11 is 12.1. The summed E-state index contributed by atoms with van der Waals surface area (Å²) in [5.74, 6) is 1.93. The topological polar surface area (TPSA) is 53.9 Å². The van der Waals surface area contributed by atoms with Crippen molar-refractivity contribution in [2.75, 3.05) is 6.54 Å². The van der Waals surface area contributed by atoms with Gasteiger partial charge in [-0.25, -0.2) is 4.99 Å². The van der Waals surface area contributed by atoms with Gasteiger partial charge in [0.05, 0.1) is 5.70 Å². The molecule has 3 heterocycles. The second kappa shape index (κ2) is 7.10. The standard InChI is InChI=1S/C22H15Cl2N3O2/c23-15-9-16(24)11-18(10-15)29-17-3-1-2-13(8-17)22-25-12-14-4-5-20(28)26-19-6-7-27(22)21(14)19/h1-5,8-12H,6-7H2,(H,26,28). The van der Waals surface area contributed by atoms with Gasteiger partial charge in [-0.1, -0.05) is 35.3 Å². The number of nitrogens with one attached hydrogen (secondary N) is 1. The third-order valence-electron chi connectivity index (χ3n) is 4.85. The van der Waals surface area contributed by atoms with Crippen LogP contribution in [-0.2, 0) is 4.79 Å². The van der Waals surface area contributed by atoms with Crippen LogP contribution in [0, 0.1) is 0 Å². The molecule has 0 saturated carbocycles. The molecule has 0 aliphatic carbocycles. The summed E-state index contributed by atoms with van der Waals surface area (Å²) in [5.41, 5.74) is 3.78. The second-order valence-electron chi connectivity index (χ2n) is 6.82. The first kappa shape index (κ1) is 18.0. The second-order valence-corrected chi connectivity index (χ2v) is 7.70. The lowest BCUT2D eigenvalue weighted by atomic mass is 10.1. The predicted molar refractivity (Wildman–Crippen MR) is 113 cm³/mol. The third kappa shape index (κ3) is 3.43. The molecule has 3 aliphatic rings. The Kier molecular flexibility index (Phi) is 4.42. The van der Waals surface area contributed by atoms with Crippen molar-refractivity contribution >= 4 is 34.9 Å². The Hall–Kier alpha value is -3.02.